The van der Waals surface area contributed by atoms with Gasteiger partial charge in [-0.3, -0.25) is 0 Å². The molecule has 0 fully saturated rings. The fourth-order valence-electron chi connectivity index (χ4n) is 1.66. The highest BCUT2D eigenvalue weighted by Crippen LogP contribution is 2.15. The van der Waals surface area contributed by atoms with Crippen LogP contribution in [-0.4, -0.2) is 35.3 Å². The Morgan fingerprint density at radius 3 is 2.43 bits per heavy atom. The van der Waals surface area contributed by atoms with E-state index in [1.54, 1.807) is 0 Å². The highest BCUT2D eigenvalue weighted by molar-refractivity contribution is 7.98. The summed E-state index contributed by atoms with van der Waals surface area (Å²) < 4.78 is 0. The first-order chi connectivity index (χ1) is 6.54. The van der Waals surface area contributed by atoms with E-state index >= 15 is 0 Å². The molecule has 86 valence electrons. The van der Waals surface area contributed by atoms with Gasteiger partial charge in [0, 0.05) is 11.6 Å². The lowest BCUT2D eigenvalue weighted by molar-refractivity contribution is 0.154. The molecule has 0 aromatic heterocycles. The molecule has 0 bridgehead atoms. The van der Waals surface area contributed by atoms with Gasteiger partial charge >= 0.3 is 0 Å². The second kappa shape index (κ2) is 7.55. The third-order valence-corrected chi connectivity index (χ3v) is 3.01. The molecule has 0 aliphatic rings. The number of unbranched alkanes of at least 4 members (excludes halogenated alkanes) is 1. The summed E-state index contributed by atoms with van der Waals surface area (Å²) in [7, 11) is 0. The standard InChI is InChI=1S/C11H25NOS/c1-10(2)12-11(3,9-13)7-5-6-8-14-4/h10,12-13H,5-9H2,1-4H3. The topological polar surface area (TPSA) is 32.3 Å². The minimum atomic E-state index is -0.0907. The zero-order chi connectivity index (χ0) is 11.0. The Morgan fingerprint density at radius 2 is 2.00 bits per heavy atom. The smallest absolute Gasteiger partial charge is 0.0610 e. The second-order valence-corrected chi connectivity index (χ2v) is 5.45. The molecule has 3 heteroatoms. The minimum absolute atomic E-state index is 0.0907. The van der Waals surface area contributed by atoms with Crippen LogP contribution in [0.2, 0.25) is 0 Å². The molecule has 0 aliphatic carbocycles. The van der Waals surface area contributed by atoms with Gasteiger partial charge in [-0.05, 0) is 31.8 Å². The highest BCUT2D eigenvalue weighted by Gasteiger charge is 2.22. The average molecular weight is 219 g/mol. The lowest BCUT2D eigenvalue weighted by Gasteiger charge is -2.31. The fraction of sp³-hybridized carbons (Fsp3) is 1.00. The van der Waals surface area contributed by atoms with Gasteiger partial charge < -0.3 is 10.4 Å². The van der Waals surface area contributed by atoms with Crippen LogP contribution in [0, 0.1) is 0 Å². The van der Waals surface area contributed by atoms with E-state index in [-0.39, 0.29) is 12.1 Å². The van der Waals surface area contributed by atoms with Crippen LogP contribution in [-0.2, 0) is 0 Å². The van der Waals surface area contributed by atoms with Gasteiger partial charge in [0.15, 0.2) is 0 Å². The number of thioether (sulfide) groups is 1. The molecule has 0 rings (SSSR count). The van der Waals surface area contributed by atoms with Crippen molar-refractivity contribution in [1.29, 1.82) is 0 Å². The molecule has 1 unspecified atom stereocenters. The lowest BCUT2D eigenvalue weighted by Crippen LogP contribution is -2.49. The van der Waals surface area contributed by atoms with Crippen molar-refractivity contribution in [2.45, 2.75) is 51.6 Å². The molecule has 0 heterocycles. The maximum atomic E-state index is 9.32. The third kappa shape index (κ3) is 6.68. The third-order valence-electron chi connectivity index (χ3n) is 2.31. The molecule has 2 N–H and O–H groups in total. The quantitative estimate of drug-likeness (QED) is 0.614. The Balaban J connectivity index is 3.75. The van der Waals surface area contributed by atoms with Gasteiger partial charge in [0.1, 0.15) is 0 Å². The number of hydrogen-bond donors (Lipinski definition) is 2. The zero-order valence-corrected chi connectivity index (χ0v) is 10.8. The Hall–Kier alpha value is 0.270. The molecule has 0 spiro atoms. The number of aliphatic hydroxyl groups is 1. The van der Waals surface area contributed by atoms with Gasteiger partial charge in [-0.15, -0.1) is 0 Å². The van der Waals surface area contributed by atoms with Crippen molar-refractivity contribution < 1.29 is 5.11 Å². The van der Waals surface area contributed by atoms with Crippen molar-refractivity contribution >= 4 is 11.8 Å². The summed E-state index contributed by atoms with van der Waals surface area (Å²) in [6, 6.07) is 0.438. The number of aliphatic hydroxyl groups excluding tert-OH is 1. The number of nitrogens with one attached hydrogen (secondary N) is 1. The second-order valence-electron chi connectivity index (χ2n) is 4.47. The van der Waals surface area contributed by atoms with E-state index in [0.29, 0.717) is 6.04 Å². The Kier molecular flexibility index (Phi) is 7.69. The van der Waals surface area contributed by atoms with Gasteiger partial charge in [-0.1, -0.05) is 20.3 Å². The predicted octanol–water partition coefficient (Wildman–Crippen LogP) is 2.27. The SMILES string of the molecule is CSCCCCC(C)(CO)NC(C)C. The molecule has 14 heavy (non-hydrogen) atoms. The molecule has 0 radical (unpaired) electrons. The molecular weight excluding hydrogens is 194 g/mol. The van der Waals surface area contributed by atoms with Crippen molar-refractivity contribution in [3.63, 3.8) is 0 Å². The number of rotatable bonds is 8. The zero-order valence-electron chi connectivity index (χ0n) is 9.97. The monoisotopic (exact) mass is 219 g/mol. The molecular formula is C11H25NOS. The van der Waals surface area contributed by atoms with Crippen LogP contribution in [0.1, 0.15) is 40.0 Å². The van der Waals surface area contributed by atoms with E-state index < -0.39 is 0 Å². The summed E-state index contributed by atoms with van der Waals surface area (Å²) in [5.74, 6) is 1.23. The Labute approximate surface area is 92.9 Å². The molecule has 0 aromatic rings. The van der Waals surface area contributed by atoms with E-state index in [4.69, 9.17) is 0 Å². The lowest BCUT2D eigenvalue weighted by atomic mass is 9.95. The van der Waals surface area contributed by atoms with Crippen molar-refractivity contribution in [2.24, 2.45) is 0 Å². The van der Waals surface area contributed by atoms with Crippen molar-refractivity contribution in [2.75, 3.05) is 18.6 Å². The molecule has 2 nitrogen and oxygen atoms in total. The molecule has 0 aromatic carbocycles. The van der Waals surface area contributed by atoms with E-state index in [9.17, 15) is 5.11 Å². The van der Waals surface area contributed by atoms with E-state index in [1.165, 1.54) is 18.6 Å². The normalized spacial score (nSPS) is 15.9. The van der Waals surface area contributed by atoms with Crippen LogP contribution in [0.25, 0.3) is 0 Å². The molecule has 0 saturated carbocycles. The van der Waals surface area contributed by atoms with Gasteiger partial charge in [0.2, 0.25) is 0 Å². The van der Waals surface area contributed by atoms with Crippen LogP contribution >= 0.6 is 11.8 Å². The van der Waals surface area contributed by atoms with Crippen molar-refractivity contribution in [3.8, 4) is 0 Å². The van der Waals surface area contributed by atoms with E-state index in [0.717, 1.165) is 6.42 Å². The maximum Gasteiger partial charge on any atom is 0.0610 e. The van der Waals surface area contributed by atoms with Gasteiger partial charge in [0.25, 0.3) is 0 Å². The largest absolute Gasteiger partial charge is 0.394 e. The molecule has 0 amide bonds. The van der Waals surface area contributed by atoms with Gasteiger partial charge in [-0.2, -0.15) is 11.8 Å². The summed E-state index contributed by atoms with van der Waals surface area (Å²) in [6.45, 7) is 6.57. The summed E-state index contributed by atoms with van der Waals surface area (Å²) in [6.07, 6.45) is 5.63. The maximum absolute atomic E-state index is 9.32. The minimum Gasteiger partial charge on any atom is -0.394 e. The summed E-state index contributed by atoms with van der Waals surface area (Å²) in [4.78, 5) is 0. The first-order valence-electron chi connectivity index (χ1n) is 5.41. The van der Waals surface area contributed by atoms with Crippen LogP contribution in [0.15, 0.2) is 0 Å². The first-order valence-corrected chi connectivity index (χ1v) is 6.81. The predicted molar refractivity (Wildman–Crippen MR) is 66.0 cm³/mol. The molecule has 1 atom stereocenters. The van der Waals surface area contributed by atoms with Crippen LogP contribution in [0.4, 0.5) is 0 Å². The van der Waals surface area contributed by atoms with Gasteiger partial charge in [0.05, 0.1) is 6.61 Å². The van der Waals surface area contributed by atoms with Crippen LogP contribution in [0.3, 0.4) is 0 Å². The average Bonchev–Trinajstić information content (AvgIpc) is 2.11. The Bertz CT molecular complexity index is 141. The van der Waals surface area contributed by atoms with E-state index in [1.807, 2.05) is 11.8 Å². The first kappa shape index (κ1) is 14.3. The molecule has 0 saturated heterocycles. The van der Waals surface area contributed by atoms with Crippen molar-refractivity contribution in [1.82, 2.24) is 5.32 Å². The highest BCUT2D eigenvalue weighted by atomic mass is 32.2. The fourth-order valence-corrected chi connectivity index (χ4v) is 2.15. The van der Waals surface area contributed by atoms with Crippen molar-refractivity contribution in [3.05, 3.63) is 0 Å². The van der Waals surface area contributed by atoms with Gasteiger partial charge in [-0.25, -0.2) is 0 Å². The number of hydrogen-bond acceptors (Lipinski definition) is 3. The summed E-state index contributed by atoms with van der Waals surface area (Å²) >= 11 is 1.89. The summed E-state index contributed by atoms with van der Waals surface area (Å²) in [5.41, 5.74) is -0.0907. The van der Waals surface area contributed by atoms with Crippen LogP contribution in [0.5, 0.6) is 0 Å². The summed E-state index contributed by atoms with van der Waals surface area (Å²) in [5, 5.41) is 12.7. The Morgan fingerprint density at radius 1 is 1.36 bits per heavy atom. The van der Waals surface area contributed by atoms with E-state index in [2.05, 4.69) is 32.3 Å². The molecule has 0 aliphatic heterocycles. The van der Waals surface area contributed by atoms with Crippen LogP contribution < -0.4 is 5.32 Å².